The van der Waals surface area contributed by atoms with E-state index in [9.17, 15) is 24.0 Å². The monoisotopic (exact) mass is 694 g/mol. The van der Waals surface area contributed by atoms with Crippen molar-refractivity contribution < 1.29 is 28.7 Å². The summed E-state index contributed by atoms with van der Waals surface area (Å²) >= 11 is 0. The summed E-state index contributed by atoms with van der Waals surface area (Å²) in [5.74, 6) is -2.78. The number of ether oxygens (including phenoxy) is 2. The number of nitrogens with one attached hydrogen (secondary N) is 3. The molecule has 6 rings (SSSR count). The summed E-state index contributed by atoms with van der Waals surface area (Å²) in [6.45, 7) is 5.55. The molecule has 0 saturated carbocycles. The van der Waals surface area contributed by atoms with Gasteiger partial charge in [-0.1, -0.05) is 57.2 Å². The van der Waals surface area contributed by atoms with E-state index in [4.69, 9.17) is 20.2 Å². The number of hydrogen-bond donors (Lipinski definition) is 4. The number of nitrogens with two attached hydrogens (primary N) is 1. The van der Waals surface area contributed by atoms with Gasteiger partial charge in [-0.3, -0.25) is 9.59 Å². The summed E-state index contributed by atoms with van der Waals surface area (Å²) < 4.78 is 13.2. The fraction of sp³-hybridized carbons (Fsp3) is 0.368. The van der Waals surface area contributed by atoms with Crippen molar-refractivity contribution in [1.29, 1.82) is 0 Å². The maximum Gasteiger partial charge on any atom is 0.355 e. The van der Waals surface area contributed by atoms with Gasteiger partial charge in [0.1, 0.15) is 18.7 Å². The zero-order chi connectivity index (χ0) is 36.3. The fourth-order valence-corrected chi connectivity index (χ4v) is 6.68. The molecule has 4 heterocycles. The van der Waals surface area contributed by atoms with Gasteiger partial charge < -0.3 is 35.7 Å². The van der Waals surface area contributed by atoms with Gasteiger partial charge in [-0.05, 0) is 68.5 Å². The molecule has 13 heteroatoms. The van der Waals surface area contributed by atoms with Crippen LogP contribution in [0.3, 0.4) is 0 Å². The van der Waals surface area contributed by atoms with Crippen LogP contribution < -0.4 is 27.2 Å². The number of pyridine rings is 2. The number of rotatable bonds is 12. The smallest absolute Gasteiger partial charge is 0.355 e. The SMILES string of the molecule is CC[C@@]1(OC(=O)C(NC(=O)C(CCCCN)NC(=O)Nc2ccccc2)C(C)C)C(=O)OCc2c1cc1n(c2=O)Cc2cc3ccccc3nc2-1. The van der Waals surface area contributed by atoms with Crippen molar-refractivity contribution in [3.05, 3.63) is 93.8 Å². The average Bonchev–Trinajstić information content (AvgIpc) is 3.48. The molecule has 2 unspecified atom stereocenters. The number of para-hydroxylation sites is 2. The summed E-state index contributed by atoms with van der Waals surface area (Å²) in [4.78, 5) is 73.0. The Hall–Kier alpha value is -5.56. The standard InChI is InChI=1S/C38H42N6O7/c1-4-38(27-19-30-32-24(18-23-12-8-9-15-28(23)41-32)20-44(30)34(46)26(27)21-50-36(38)48)51-35(47)31(22(2)3)43-33(45)29(16-10-11-17-39)42-37(49)40-25-13-6-5-7-14-25/h5-9,12-15,18-19,22,29,31H,4,10-11,16-17,20-21,39H2,1-3H3,(H,43,45)(H2,40,42,49)/t29?,31?,38-/m0/s1. The molecule has 2 aromatic carbocycles. The van der Waals surface area contributed by atoms with Crippen LogP contribution in [-0.4, -0.2) is 52.1 Å². The number of anilines is 1. The van der Waals surface area contributed by atoms with Crippen LogP contribution in [0.4, 0.5) is 10.5 Å². The minimum Gasteiger partial charge on any atom is -0.457 e. The Morgan fingerprint density at radius 3 is 2.49 bits per heavy atom. The molecule has 2 aromatic heterocycles. The third kappa shape index (κ3) is 6.93. The maximum atomic E-state index is 14.1. The molecular weight excluding hydrogens is 652 g/mol. The van der Waals surface area contributed by atoms with Gasteiger partial charge in [-0.15, -0.1) is 0 Å². The number of hydrogen-bond acceptors (Lipinski definition) is 9. The highest BCUT2D eigenvalue weighted by molar-refractivity contribution is 5.95. The van der Waals surface area contributed by atoms with Crippen molar-refractivity contribution in [2.45, 2.75) is 77.3 Å². The molecule has 3 amide bonds. The number of esters is 2. The highest BCUT2D eigenvalue weighted by atomic mass is 16.6. The zero-order valence-electron chi connectivity index (χ0n) is 28.9. The first-order chi connectivity index (χ1) is 24.6. The highest BCUT2D eigenvalue weighted by Crippen LogP contribution is 2.41. The molecule has 13 nitrogen and oxygen atoms in total. The highest BCUT2D eigenvalue weighted by Gasteiger charge is 2.51. The minimum atomic E-state index is -1.95. The van der Waals surface area contributed by atoms with E-state index < -0.39 is 47.5 Å². The number of urea groups is 1. The normalized spacial score (nSPS) is 17.1. The molecule has 3 atom stereocenters. The Morgan fingerprint density at radius 2 is 1.76 bits per heavy atom. The Labute approximate surface area is 294 Å². The maximum absolute atomic E-state index is 14.1. The number of amides is 3. The predicted octanol–water partition coefficient (Wildman–Crippen LogP) is 4.09. The first-order valence-electron chi connectivity index (χ1n) is 17.3. The largest absolute Gasteiger partial charge is 0.457 e. The lowest BCUT2D eigenvalue weighted by atomic mass is 9.85. The molecule has 2 aliphatic rings. The molecule has 51 heavy (non-hydrogen) atoms. The van der Waals surface area contributed by atoms with E-state index in [2.05, 4.69) is 16.0 Å². The second-order valence-corrected chi connectivity index (χ2v) is 13.2. The van der Waals surface area contributed by atoms with Crippen LogP contribution in [0.5, 0.6) is 0 Å². The van der Waals surface area contributed by atoms with Crippen LogP contribution in [0.25, 0.3) is 22.3 Å². The van der Waals surface area contributed by atoms with Crippen molar-refractivity contribution in [3.63, 3.8) is 0 Å². The minimum absolute atomic E-state index is 0.0346. The molecule has 0 aliphatic carbocycles. The number of nitrogens with zero attached hydrogens (tertiary/aromatic N) is 2. The molecule has 0 spiro atoms. The van der Waals surface area contributed by atoms with Gasteiger partial charge in [-0.25, -0.2) is 19.4 Å². The molecule has 0 radical (unpaired) electrons. The number of cyclic esters (lactones) is 1. The third-order valence-electron chi connectivity index (χ3n) is 9.48. The molecule has 0 saturated heterocycles. The third-order valence-corrected chi connectivity index (χ3v) is 9.48. The molecule has 0 fully saturated rings. The second kappa shape index (κ2) is 14.7. The van der Waals surface area contributed by atoms with Crippen molar-refractivity contribution in [2.75, 3.05) is 11.9 Å². The van der Waals surface area contributed by atoms with Crippen LogP contribution in [-0.2, 0) is 42.6 Å². The van der Waals surface area contributed by atoms with Crippen molar-refractivity contribution in [1.82, 2.24) is 20.2 Å². The molecule has 5 N–H and O–H groups in total. The summed E-state index contributed by atoms with van der Waals surface area (Å²) in [7, 11) is 0. The van der Waals surface area contributed by atoms with Crippen LogP contribution >= 0.6 is 0 Å². The van der Waals surface area contributed by atoms with Gasteiger partial charge in [0.05, 0.1) is 29.0 Å². The summed E-state index contributed by atoms with van der Waals surface area (Å²) in [5, 5.41) is 9.10. The summed E-state index contributed by atoms with van der Waals surface area (Å²) in [6, 6.07) is 17.3. The first kappa shape index (κ1) is 35.3. The molecule has 0 bridgehead atoms. The van der Waals surface area contributed by atoms with Gasteiger partial charge in [0.2, 0.25) is 11.5 Å². The average molecular weight is 695 g/mol. The zero-order valence-corrected chi connectivity index (χ0v) is 28.9. The number of aromatic nitrogens is 2. The lowest BCUT2D eigenvalue weighted by molar-refractivity contribution is -0.191. The van der Waals surface area contributed by atoms with Gasteiger partial charge >= 0.3 is 18.0 Å². The molecule has 266 valence electrons. The van der Waals surface area contributed by atoms with E-state index in [0.29, 0.717) is 43.0 Å². The Bertz CT molecular complexity index is 2050. The van der Waals surface area contributed by atoms with Crippen LogP contribution in [0, 0.1) is 5.92 Å². The molecular formula is C38H42N6O7. The lowest BCUT2D eigenvalue weighted by Gasteiger charge is -2.37. The number of carbonyl (C=O) groups is 4. The van der Waals surface area contributed by atoms with Crippen molar-refractivity contribution in [3.8, 4) is 11.4 Å². The summed E-state index contributed by atoms with van der Waals surface area (Å²) in [5.41, 5.74) is 7.09. The van der Waals surface area contributed by atoms with E-state index in [1.54, 1.807) is 55.7 Å². The van der Waals surface area contributed by atoms with Crippen LogP contribution in [0.2, 0.25) is 0 Å². The fourth-order valence-electron chi connectivity index (χ4n) is 6.68. The van der Waals surface area contributed by atoms with Crippen molar-refractivity contribution in [2.24, 2.45) is 11.7 Å². The van der Waals surface area contributed by atoms with Gasteiger partial charge in [-0.2, -0.15) is 0 Å². The number of benzene rings is 2. The molecule has 2 aliphatic heterocycles. The van der Waals surface area contributed by atoms with Gasteiger partial charge in [0, 0.05) is 22.2 Å². The Morgan fingerprint density at radius 1 is 1.02 bits per heavy atom. The van der Waals surface area contributed by atoms with E-state index in [0.717, 1.165) is 16.5 Å². The summed E-state index contributed by atoms with van der Waals surface area (Å²) in [6.07, 6.45) is 1.41. The van der Waals surface area contributed by atoms with E-state index >= 15 is 0 Å². The van der Waals surface area contributed by atoms with E-state index in [1.165, 1.54) is 0 Å². The molecule has 4 aromatic rings. The Kier molecular flexibility index (Phi) is 10.2. The van der Waals surface area contributed by atoms with Crippen LogP contribution in [0.1, 0.15) is 63.1 Å². The van der Waals surface area contributed by atoms with Crippen molar-refractivity contribution >= 4 is 40.5 Å². The quantitative estimate of drug-likeness (QED) is 0.110. The number of carbonyl (C=O) groups excluding carboxylic acids is 4. The van der Waals surface area contributed by atoms with Gasteiger partial charge in [0.15, 0.2) is 0 Å². The number of unbranched alkanes of at least 4 members (excludes halogenated alkanes) is 1. The second-order valence-electron chi connectivity index (χ2n) is 13.2. The van der Waals surface area contributed by atoms with E-state index in [1.807, 2.05) is 36.4 Å². The topological polar surface area (TPSA) is 184 Å². The first-order valence-corrected chi connectivity index (χ1v) is 17.3. The number of fused-ring (bicyclic) bond motifs is 5. The lowest BCUT2D eigenvalue weighted by Crippen LogP contribution is -2.56. The van der Waals surface area contributed by atoms with E-state index in [-0.39, 0.29) is 36.1 Å². The Balaban J connectivity index is 1.28. The van der Waals surface area contributed by atoms with Gasteiger partial charge in [0.25, 0.3) is 5.56 Å². The van der Waals surface area contributed by atoms with Crippen LogP contribution in [0.15, 0.2) is 71.5 Å². The predicted molar refractivity (Wildman–Crippen MR) is 190 cm³/mol.